The van der Waals surface area contributed by atoms with Gasteiger partial charge < -0.3 is 10.5 Å². The summed E-state index contributed by atoms with van der Waals surface area (Å²) in [6.45, 7) is 7.97. The zero-order valence-electron chi connectivity index (χ0n) is 12.5. The van der Waals surface area contributed by atoms with E-state index in [9.17, 15) is 0 Å². The van der Waals surface area contributed by atoms with Crippen LogP contribution in [0.1, 0.15) is 36.1 Å². The molecule has 106 valence electrons. The minimum atomic E-state index is 0.272. The second-order valence-corrected chi connectivity index (χ2v) is 5.71. The minimum absolute atomic E-state index is 0.272. The highest BCUT2D eigenvalue weighted by molar-refractivity contribution is 5.33. The molecule has 3 atom stereocenters. The third-order valence-corrected chi connectivity index (χ3v) is 4.37. The summed E-state index contributed by atoms with van der Waals surface area (Å²) < 4.78 is 5.69. The van der Waals surface area contributed by atoms with Gasteiger partial charge in [0.2, 0.25) is 0 Å². The molecule has 3 heteroatoms. The number of ether oxygens (including phenoxy) is 1. The van der Waals surface area contributed by atoms with Crippen molar-refractivity contribution in [1.82, 2.24) is 4.90 Å². The van der Waals surface area contributed by atoms with Gasteiger partial charge in [-0.3, -0.25) is 4.90 Å². The molecule has 1 aromatic rings. The van der Waals surface area contributed by atoms with Gasteiger partial charge in [-0.15, -0.1) is 0 Å². The molecule has 0 spiro atoms. The molecule has 3 unspecified atom stereocenters. The zero-order valence-corrected chi connectivity index (χ0v) is 12.5. The molecule has 19 heavy (non-hydrogen) atoms. The van der Waals surface area contributed by atoms with Crippen LogP contribution in [0.15, 0.2) is 18.2 Å². The molecule has 0 bridgehead atoms. The summed E-state index contributed by atoms with van der Waals surface area (Å²) in [5.41, 5.74) is 10.0. The lowest BCUT2D eigenvalue weighted by Gasteiger charge is -2.35. The fourth-order valence-corrected chi connectivity index (χ4v) is 3.12. The number of hydrogen-bond acceptors (Lipinski definition) is 3. The van der Waals surface area contributed by atoms with E-state index in [0.717, 1.165) is 13.0 Å². The van der Waals surface area contributed by atoms with Crippen LogP contribution in [0.25, 0.3) is 0 Å². The Labute approximate surface area is 116 Å². The van der Waals surface area contributed by atoms with E-state index in [0.29, 0.717) is 18.7 Å². The van der Waals surface area contributed by atoms with Crippen LogP contribution in [0.2, 0.25) is 0 Å². The molecule has 2 rings (SSSR count). The van der Waals surface area contributed by atoms with Gasteiger partial charge in [0.05, 0.1) is 6.10 Å². The van der Waals surface area contributed by atoms with Crippen molar-refractivity contribution in [2.24, 2.45) is 5.73 Å². The van der Waals surface area contributed by atoms with Crippen molar-refractivity contribution in [2.45, 2.75) is 45.4 Å². The molecule has 0 aromatic heterocycles. The molecule has 1 heterocycles. The first-order valence-corrected chi connectivity index (χ1v) is 7.15. The smallest absolute Gasteiger partial charge is 0.0703 e. The monoisotopic (exact) mass is 262 g/mol. The van der Waals surface area contributed by atoms with Gasteiger partial charge in [-0.2, -0.15) is 0 Å². The van der Waals surface area contributed by atoms with Crippen LogP contribution in [0.3, 0.4) is 0 Å². The van der Waals surface area contributed by atoms with E-state index in [2.05, 4.69) is 50.9 Å². The van der Waals surface area contributed by atoms with Crippen LogP contribution in [0, 0.1) is 13.8 Å². The second-order valence-electron chi connectivity index (χ2n) is 5.71. The molecule has 1 aliphatic heterocycles. The summed E-state index contributed by atoms with van der Waals surface area (Å²) in [5, 5.41) is 0. The summed E-state index contributed by atoms with van der Waals surface area (Å²) in [4.78, 5) is 2.40. The first-order chi connectivity index (χ1) is 9.04. The van der Waals surface area contributed by atoms with E-state index in [-0.39, 0.29) is 6.04 Å². The molecular weight excluding hydrogens is 236 g/mol. The van der Waals surface area contributed by atoms with Gasteiger partial charge in [-0.25, -0.2) is 0 Å². The van der Waals surface area contributed by atoms with E-state index in [1.807, 2.05) is 0 Å². The molecule has 1 fully saturated rings. The third-order valence-electron chi connectivity index (χ3n) is 4.37. The fraction of sp³-hybridized carbons (Fsp3) is 0.625. The van der Waals surface area contributed by atoms with Crippen molar-refractivity contribution in [3.63, 3.8) is 0 Å². The van der Waals surface area contributed by atoms with Crippen molar-refractivity contribution in [1.29, 1.82) is 0 Å². The van der Waals surface area contributed by atoms with Crippen LogP contribution in [-0.4, -0.2) is 37.2 Å². The van der Waals surface area contributed by atoms with Crippen LogP contribution in [0.5, 0.6) is 0 Å². The van der Waals surface area contributed by atoms with Gasteiger partial charge >= 0.3 is 0 Å². The number of hydrogen-bond donors (Lipinski definition) is 1. The maximum Gasteiger partial charge on any atom is 0.0703 e. The van der Waals surface area contributed by atoms with Crippen molar-refractivity contribution >= 4 is 0 Å². The summed E-state index contributed by atoms with van der Waals surface area (Å²) in [7, 11) is 2.18. The summed E-state index contributed by atoms with van der Waals surface area (Å²) >= 11 is 0. The number of nitrogens with two attached hydrogens (primary N) is 1. The molecule has 3 nitrogen and oxygen atoms in total. The molecule has 2 N–H and O–H groups in total. The molecular formula is C16H26N2O. The number of benzene rings is 1. The van der Waals surface area contributed by atoms with Gasteiger partial charge in [0, 0.05) is 25.2 Å². The first kappa shape index (κ1) is 14.5. The Morgan fingerprint density at radius 2 is 2.16 bits per heavy atom. The molecule has 0 amide bonds. The lowest BCUT2D eigenvalue weighted by Crippen LogP contribution is -2.42. The number of aryl methyl sites for hydroxylation is 2. The Hall–Kier alpha value is -0.900. The van der Waals surface area contributed by atoms with Crippen LogP contribution < -0.4 is 5.73 Å². The summed E-state index contributed by atoms with van der Waals surface area (Å²) in [5.74, 6) is 0. The van der Waals surface area contributed by atoms with E-state index in [4.69, 9.17) is 10.5 Å². The van der Waals surface area contributed by atoms with E-state index in [1.165, 1.54) is 16.7 Å². The van der Waals surface area contributed by atoms with Crippen LogP contribution >= 0.6 is 0 Å². The quantitative estimate of drug-likeness (QED) is 0.905. The van der Waals surface area contributed by atoms with Gasteiger partial charge in [0.25, 0.3) is 0 Å². The zero-order chi connectivity index (χ0) is 14.0. The predicted molar refractivity (Wildman–Crippen MR) is 79.3 cm³/mol. The van der Waals surface area contributed by atoms with E-state index in [1.54, 1.807) is 0 Å². The minimum Gasteiger partial charge on any atom is -0.377 e. The summed E-state index contributed by atoms with van der Waals surface area (Å²) in [6, 6.07) is 7.36. The number of nitrogens with zero attached hydrogens (tertiary/aromatic N) is 1. The number of rotatable bonds is 4. The Balaban J connectivity index is 2.26. The molecule has 1 aromatic carbocycles. The van der Waals surface area contributed by atoms with Crippen molar-refractivity contribution in [3.8, 4) is 0 Å². The van der Waals surface area contributed by atoms with Crippen molar-refractivity contribution < 1.29 is 4.74 Å². The van der Waals surface area contributed by atoms with Crippen LogP contribution in [0.4, 0.5) is 0 Å². The van der Waals surface area contributed by atoms with Gasteiger partial charge in [0.1, 0.15) is 0 Å². The Morgan fingerprint density at radius 3 is 2.74 bits per heavy atom. The Kier molecular flexibility index (Phi) is 4.61. The predicted octanol–water partition coefficient (Wildman–Crippen LogP) is 2.41. The summed E-state index contributed by atoms with van der Waals surface area (Å²) in [6.07, 6.45) is 1.39. The lowest BCUT2D eigenvalue weighted by atomic mass is 9.96. The maximum absolute atomic E-state index is 6.06. The number of likely N-dealkylation sites (N-methyl/N-ethyl adjacent to an activating group) is 1. The highest BCUT2D eigenvalue weighted by Crippen LogP contribution is 2.29. The second kappa shape index (κ2) is 6.04. The fourth-order valence-electron chi connectivity index (χ4n) is 3.12. The molecule has 1 aliphatic rings. The first-order valence-electron chi connectivity index (χ1n) is 7.15. The lowest BCUT2D eigenvalue weighted by molar-refractivity contribution is 0.0685. The molecule has 0 radical (unpaired) electrons. The standard InChI is InChI=1S/C16H26N2O/c1-11-5-6-12(2)14(9-11)16(10-17)18(4)15-7-8-19-13(15)3/h5-6,9,13,15-16H,7-8,10,17H2,1-4H3. The third kappa shape index (κ3) is 2.99. The van der Waals surface area contributed by atoms with E-state index >= 15 is 0 Å². The molecule has 0 saturated carbocycles. The molecule has 1 saturated heterocycles. The highest BCUT2D eigenvalue weighted by atomic mass is 16.5. The SMILES string of the molecule is Cc1ccc(C)c(C(CN)N(C)C2CCOC2C)c1. The van der Waals surface area contributed by atoms with Crippen LogP contribution in [-0.2, 0) is 4.74 Å². The van der Waals surface area contributed by atoms with Crippen molar-refractivity contribution in [3.05, 3.63) is 34.9 Å². The highest BCUT2D eigenvalue weighted by Gasteiger charge is 2.32. The largest absolute Gasteiger partial charge is 0.377 e. The van der Waals surface area contributed by atoms with Gasteiger partial charge in [-0.05, 0) is 45.4 Å². The average Bonchev–Trinajstić information content (AvgIpc) is 2.80. The van der Waals surface area contributed by atoms with E-state index < -0.39 is 0 Å². The Bertz CT molecular complexity index is 433. The average molecular weight is 262 g/mol. The van der Waals surface area contributed by atoms with Crippen molar-refractivity contribution in [2.75, 3.05) is 20.2 Å². The maximum atomic E-state index is 6.06. The molecule has 0 aliphatic carbocycles. The van der Waals surface area contributed by atoms with Gasteiger partial charge in [0.15, 0.2) is 0 Å². The normalized spacial score (nSPS) is 24.9. The Morgan fingerprint density at radius 1 is 1.42 bits per heavy atom. The van der Waals surface area contributed by atoms with Gasteiger partial charge in [-0.1, -0.05) is 23.8 Å². The topological polar surface area (TPSA) is 38.5 Å².